The number of hydrogen-bond donors (Lipinski definition) is 1. The van der Waals surface area contributed by atoms with Crippen molar-refractivity contribution in [3.05, 3.63) is 60.2 Å². The van der Waals surface area contributed by atoms with E-state index in [0.29, 0.717) is 11.8 Å². The molecule has 1 saturated carbocycles. The summed E-state index contributed by atoms with van der Waals surface area (Å²) in [6.07, 6.45) is 2.59. The van der Waals surface area contributed by atoms with Gasteiger partial charge < -0.3 is 5.73 Å². The molecule has 2 atom stereocenters. The Morgan fingerprint density at radius 1 is 0.833 bits per heavy atom. The van der Waals surface area contributed by atoms with Crippen LogP contribution >= 0.6 is 0 Å². The van der Waals surface area contributed by atoms with Crippen LogP contribution in [0.2, 0.25) is 0 Å². The minimum Gasteiger partial charge on any atom is -0.330 e. The van der Waals surface area contributed by atoms with Crippen molar-refractivity contribution in [2.24, 2.45) is 11.7 Å². The van der Waals surface area contributed by atoms with E-state index in [1.165, 1.54) is 29.5 Å². The van der Waals surface area contributed by atoms with Crippen molar-refractivity contribution in [3.8, 4) is 11.1 Å². The Balaban J connectivity index is 1.81. The molecule has 2 aromatic rings. The molecule has 0 aliphatic heterocycles. The minimum atomic E-state index is 0.694. The minimum absolute atomic E-state index is 0.694. The zero-order valence-electron chi connectivity index (χ0n) is 10.5. The van der Waals surface area contributed by atoms with E-state index in [0.717, 1.165) is 6.54 Å². The molecule has 1 heteroatoms. The number of nitrogens with two attached hydrogens (primary N) is 1. The molecule has 1 fully saturated rings. The molecule has 1 aliphatic carbocycles. The van der Waals surface area contributed by atoms with Gasteiger partial charge in [-0.2, -0.15) is 0 Å². The lowest BCUT2D eigenvalue weighted by Crippen LogP contribution is -2.30. The number of benzene rings is 2. The Morgan fingerprint density at radius 2 is 1.50 bits per heavy atom. The second-order valence-corrected chi connectivity index (χ2v) is 5.17. The van der Waals surface area contributed by atoms with E-state index >= 15 is 0 Å². The van der Waals surface area contributed by atoms with Gasteiger partial charge in [-0.1, -0.05) is 54.6 Å². The molecule has 0 bridgehead atoms. The third kappa shape index (κ3) is 2.06. The van der Waals surface area contributed by atoms with Crippen molar-refractivity contribution in [1.82, 2.24) is 0 Å². The van der Waals surface area contributed by atoms with E-state index in [1.54, 1.807) is 0 Å². The second-order valence-electron chi connectivity index (χ2n) is 5.17. The summed E-state index contributed by atoms with van der Waals surface area (Å²) in [5.41, 5.74) is 9.82. The van der Waals surface area contributed by atoms with Crippen LogP contribution in [0, 0.1) is 5.92 Å². The van der Waals surface area contributed by atoms with Gasteiger partial charge in [0.15, 0.2) is 0 Å². The second kappa shape index (κ2) is 4.95. The Labute approximate surface area is 109 Å². The molecule has 0 saturated heterocycles. The molecule has 0 aromatic heterocycles. The molecule has 0 heterocycles. The average molecular weight is 237 g/mol. The monoisotopic (exact) mass is 237 g/mol. The molecule has 0 spiro atoms. The van der Waals surface area contributed by atoms with Crippen LogP contribution in [-0.4, -0.2) is 6.54 Å². The molecule has 2 aromatic carbocycles. The molecular formula is C17H19N. The van der Waals surface area contributed by atoms with Crippen molar-refractivity contribution in [3.63, 3.8) is 0 Å². The zero-order valence-corrected chi connectivity index (χ0v) is 10.5. The predicted molar refractivity (Wildman–Crippen MR) is 76.4 cm³/mol. The van der Waals surface area contributed by atoms with Gasteiger partial charge in [-0.05, 0) is 47.9 Å². The van der Waals surface area contributed by atoms with E-state index < -0.39 is 0 Å². The molecule has 1 nitrogen and oxygen atoms in total. The summed E-state index contributed by atoms with van der Waals surface area (Å²) in [5, 5.41) is 0. The van der Waals surface area contributed by atoms with Gasteiger partial charge in [0.1, 0.15) is 0 Å². The van der Waals surface area contributed by atoms with Gasteiger partial charge in [0.2, 0.25) is 0 Å². The maximum Gasteiger partial charge on any atom is -0.00430 e. The number of hydrogen-bond acceptors (Lipinski definition) is 1. The van der Waals surface area contributed by atoms with E-state index in [4.69, 9.17) is 5.73 Å². The van der Waals surface area contributed by atoms with Crippen LogP contribution < -0.4 is 5.73 Å². The molecule has 1 aliphatic rings. The molecule has 3 rings (SSSR count). The molecule has 92 valence electrons. The van der Waals surface area contributed by atoms with Crippen molar-refractivity contribution in [2.75, 3.05) is 6.54 Å². The van der Waals surface area contributed by atoms with E-state index in [2.05, 4.69) is 54.6 Å². The van der Waals surface area contributed by atoms with Gasteiger partial charge >= 0.3 is 0 Å². The summed E-state index contributed by atoms with van der Waals surface area (Å²) < 4.78 is 0. The quantitative estimate of drug-likeness (QED) is 0.863. The van der Waals surface area contributed by atoms with Crippen LogP contribution in [0.15, 0.2) is 54.6 Å². The highest BCUT2D eigenvalue weighted by Crippen LogP contribution is 2.42. The first-order valence-corrected chi connectivity index (χ1v) is 6.74. The molecule has 2 N–H and O–H groups in total. The summed E-state index contributed by atoms with van der Waals surface area (Å²) in [7, 11) is 0. The summed E-state index contributed by atoms with van der Waals surface area (Å²) in [4.78, 5) is 0. The van der Waals surface area contributed by atoms with E-state index in [9.17, 15) is 0 Å². The van der Waals surface area contributed by atoms with Crippen molar-refractivity contribution in [2.45, 2.75) is 18.8 Å². The van der Waals surface area contributed by atoms with Gasteiger partial charge in [-0.15, -0.1) is 0 Å². The molecule has 0 radical (unpaired) electrons. The van der Waals surface area contributed by atoms with Crippen molar-refractivity contribution < 1.29 is 0 Å². The fourth-order valence-electron chi connectivity index (χ4n) is 2.84. The van der Waals surface area contributed by atoms with Gasteiger partial charge in [-0.25, -0.2) is 0 Å². The lowest BCUT2D eigenvalue weighted by molar-refractivity contribution is 0.263. The first-order chi connectivity index (χ1) is 8.88. The Morgan fingerprint density at radius 3 is 2.06 bits per heavy atom. The Hall–Kier alpha value is -1.60. The van der Waals surface area contributed by atoms with Crippen LogP contribution in [0.1, 0.15) is 24.3 Å². The summed E-state index contributed by atoms with van der Waals surface area (Å²) in [6, 6.07) is 19.5. The first kappa shape index (κ1) is 11.5. The highest BCUT2D eigenvalue weighted by atomic mass is 14.6. The summed E-state index contributed by atoms with van der Waals surface area (Å²) in [6.45, 7) is 0.825. The van der Waals surface area contributed by atoms with Crippen LogP contribution in [-0.2, 0) is 0 Å². The number of rotatable bonds is 3. The normalized spacial score (nSPS) is 22.5. The summed E-state index contributed by atoms with van der Waals surface area (Å²) >= 11 is 0. The van der Waals surface area contributed by atoms with Crippen molar-refractivity contribution in [1.29, 1.82) is 0 Å². The lowest BCUT2D eigenvalue weighted by Gasteiger charge is -2.36. The van der Waals surface area contributed by atoms with E-state index in [1.807, 2.05) is 0 Å². The first-order valence-electron chi connectivity index (χ1n) is 6.74. The summed E-state index contributed by atoms with van der Waals surface area (Å²) in [5.74, 6) is 1.40. The third-order valence-corrected chi connectivity index (χ3v) is 4.17. The maximum absolute atomic E-state index is 5.78. The van der Waals surface area contributed by atoms with Gasteiger partial charge in [0, 0.05) is 0 Å². The van der Waals surface area contributed by atoms with E-state index in [-0.39, 0.29) is 0 Å². The maximum atomic E-state index is 5.78. The highest BCUT2D eigenvalue weighted by molar-refractivity contribution is 5.63. The fraction of sp³-hybridized carbons (Fsp3) is 0.294. The molecule has 18 heavy (non-hydrogen) atoms. The lowest BCUT2D eigenvalue weighted by atomic mass is 9.70. The fourth-order valence-corrected chi connectivity index (χ4v) is 2.84. The Kier molecular flexibility index (Phi) is 3.16. The largest absolute Gasteiger partial charge is 0.330 e. The van der Waals surface area contributed by atoms with Gasteiger partial charge in [0.25, 0.3) is 0 Å². The average Bonchev–Trinajstić information content (AvgIpc) is 2.40. The smallest absolute Gasteiger partial charge is 0.00430 e. The standard InChI is InChI=1S/C17H19N/c18-12-16-10-11-17(16)15-8-6-14(7-9-15)13-4-2-1-3-5-13/h1-9,16-17H,10-12,18H2. The zero-order chi connectivity index (χ0) is 12.4. The Bertz CT molecular complexity index is 499. The highest BCUT2D eigenvalue weighted by Gasteiger charge is 2.30. The van der Waals surface area contributed by atoms with Crippen LogP contribution in [0.5, 0.6) is 0 Å². The molecule has 0 amide bonds. The predicted octanol–water partition coefficient (Wildman–Crippen LogP) is 3.81. The van der Waals surface area contributed by atoms with Crippen LogP contribution in [0.3, 0.4) is 0 Å². The van der Waals surface area contributed by atoms with Crippen molar-refractivity contribution >= 4 is 0 Å². The van der Waals surface area contributed by atoms with Gasteiger partial charge in [-0.3, -0.25) is 0 Å². The van der Waals surface area contributed by atoms with Gasteiger partial charge in [0.05, 0.1) is 0 Å². The topological polar surface area (TPSA) is 26.0 Å². The molecular weight excluding hydrogens is 218 g/mol. The third-order valence-electron chi connectivity index (χ3n) is 4.17. The van der Waals surface area contributed by atoms with Crippen LogP contribution in [0.4, 0.5) is 0 Å². The van der Waals surface area contributed by atoms with Crippen LogP contribution in [0.25, 0.3) is 11.1 Å². The SMILES string of the molecule is NCC1CCC1c1ccc(-c2ccccc2)cc1. The molecule has 2 unspecified atom stereocenters.